The fourth-order valence-corrected chi connectivity index (χ4v) is 0. The van der Waals surface area contributed by atoms with E-state index < -0.39 is 15.6 Å². The molecule has 0 fully saturated rings. The second-order valence-electron chi connectivity index (χ2n) is 0.900. The number of halogens is 3. The topological polar surface area (TPSA) is 57.2 Å². The van der Waals surface area contributed by atoms with Crippen molar-refractivity contribution >= 4 is 10.1 Å². The number of rotatable bonds is 0. The number of hydrogen-bond acceptors (Lipinski definition) is 3. The third-order valence-corrected chi connectivity index (χ3v) is 0.850. The van der Waals surface area contributed by atoms with E-state index in [1.165, 1.54) is 0 Å². The first-order valence-corrected chi connectivity index (χ1v) is 2.68. The molecule has 9 heavy (non-hydrogen) atoms. The van der Waals surface area contributed by atoms with Gasteiger partial charge in [0.1, 0.15) is 0 Å². The minimum atomic E-state index is -6.09. The first kappa shape index (κ1) is 12.6. The van der Waals surface area contributed by atoms with E-state index in [0.29, 0.717) is 0 Å². The zero-order valence-electron chi connectivity index (χ0n) is 3.84. The second-order valence-corrected chi connectivity index (χ2v) is 2.27. The molecule has 0 amide bonds. The van der Waals surface area contributed by atoms with Crippen molar-refractivity contribution in [2.75, 3.05) is 0 Å². The molecule has 3 nitrogen and oxygen atoms in total. The Hall–Kier alpha value is 0.895. The van der Waals surface area contributed by atoms with Crippen molar-refractivity contribution in [3.8, 4) is 0 Å². The molecule has 0 spiro atoms. The standard InChI is InChI=1S/CHF3O3S.La/c2-1(3,4)8(5,6)7;/h(H,5,6,7);/q;+3/p-1. The molecule has 8 heteroatoms. The maximum atomic E-state index is 10.7. The van der Waals surface area contributed by atoms with Crippen LogP contribution in [0.4, 0.5) is 13.2 Å². The van der Waals surface area contributed by atoms with E-state index in [1.54, 1.807) is 0 Å². The maximum absolute atomic E-state index is 10.7. The average Bonchev–Trinajstić information content (AvgIpc) is 1.25. The zero-order chi connectivity index (χ0) is 7.00. The number of hydrogen-bond donors (Lipinski definition) is 0. The Balaban J connectivity index is 0. The van der Waals surface area contributed by atoms with E-state index in [1.807, 2.05) is 0 Å². The van der Waals surface area contributed by atoms with Crippen molar-refractivity contribution in [2.45, 2.75) is 5.51 Å². The van der Waals surface area contributed by atoms with Gasteiger partial charge in [0.05, 0.1) is 0 Å². The molecule has 0 aliphatic rings. The van der Waals surface area contributed by atoms with Gasteiger partial charge < -0.3 is 4.55 Å². The molecule has 0 heterocycles. The molecular formula is CF3LaO3S+2. The van der Waals surface area contributed by atoms with Crippen molar-refractivity contribution in [3.63, 3.8) is 0 Å². The van der Waals surface area contributed by atoms with Crippen LogP contribution in [-0.2, 0) is 10.1 Å². The molecular weight excluding hydrogens is 288 g/mol. The molecule has 0 aliphatic carbocycles. The summed E-state index contributed by atoms with van der Waals surface area (Å²) in [5, 5.41) is 0. The van der Waals surface area contributed by atoms with E-state index in [-0.39, 0.29) is 35.6 Å². The van der Waals surface area contributed by atoms with Crippen LogP contribution in [0.5, 0.6) is 0 Å². The van der Waals surface area contributed by atoms with Crippen LogP contribution >= 0.6 is 0 Å². The summed E-state index contributed by atoms with van der Waals surface area (Å²) >= 11 is 0. The Morgan fingerprint density at radius 1 is 1.22 bits per heavy atom. The summed E-state index contributed by atoms with van der Waals surface area (Å²) in [6.07, 6.45) is 0. The summed E-state index contributed by atoms with van der Waals surface area (Å²) in [5.74, 6) is 0. The molecule has 0 aromatic carbocycles. The van der Waals surface area contributed by atoms with Crippen molar-refractivity contribution in [1.29, 1.82) is 0 Å². The third-order valence-electron chi connectivity index (χ3n) is 0.283. The second kappa shape index (κ2) is 3.33. The van der Waals surface area contributed by atoms with Crippen molar-refractivity contribution in [1.82, 2.24) is 0 Å². The van der Waals surface area contributed by atoms with Crippen LogP contribution in [0.2, 0.25) is 0 Å². The predicted octanol–water partition coefficient (Wildman–Crippen LogP) is 0.0514. The first-order valence-electron chi connectivity index (χ1n) is 1.27. The zero-order valence-corrected chi connectivity index (χ0v) is 8.29. The van der Waals surface area contributed by atoms with Gasteiger partial charge in [-0.15, -0.1) is 0 Å². The van der Waals surface area contributed by atoms with E-state index in [2.05, 4.69) is 0 Å². The Morgan fingerprint density at radius 3 is 1.33 bits per heavy atom. The Bertz CT molecular complexity index is 168. The summed E-state index contributed by atoms with van der Waals surface area (Å²) in [7, 11) is -6.09. The quantitative estimate of drug-likeness (QED) is 0.467. The van der Waals surface area contributed by atoms with Crippen LogP contribution in [0.15, 0.2) is 0 Å². The SMILES string of the molecule is O=S(=O)([O-])C(F)(F)F.[La+3]. The van der Waals surface area contributed by atoms with Gasteiger partial charge in [0.2, 0.25) is 0 Å². The van der Waals surface area contributed by atoms with Crippen LogP contribution in [0, 0.1) is 35.6 Å². The summed E-state index contributed by atoms with van der Waals surface area (Å²) in [5.41, 5.74) is -5.65. The summed E-state index contributed by atoms with van der Waals surface area (Å²) < 4.78 is 58.9. The molecule has 0 aromatic rings. The minimum Gasteiger partial charge on any atom is -0.741 e. The van der Waals surface area contributed by atoms with E-state index in [4.69, 9.17) is 13.0 Å². The Kier molecular flexibility index (Phi) is 4.65. The van der Waals surface area contributed by atoms with E-state index >= 15 is 0 Å². The average molecular weight is 288 g/mol. The van der Waals surface area contributed by atoms with Crippen molar-refractivity contribution < 1.29 is 61.7 Å². The third kappa shape index (κ3) is 4.32. The molecule has 0 saturated carbocycles. The van der Waals surface area contributed by atoms with Gasteiger partial charge in [0.15, 0.2) is 10.1 Å². The fraction of sp³-hybridized carbons (Fsp3) is 1.00. The molecule has 0 radical (unpaired) electrons. The van der Waals surface area contributed by atoms with Crippen LogP contribution in [0.3, 0.4) is 0 Å². The largest absolute Gasteiger partial charge is 3.00 e. The molecule has 0 unspecified atom stereocenters. The van der Waals surface area contributed by atoms with Crippen LogP contribution in [0.25, 0.3) is 0 Å². The molecule has 50 valence electrons. The van der Waals surface area contributed by atoms with Gasteiger partial charge >= 0.3 is 41.1 Å². The smallest absolute Gasteiger partial charge is 0.741 e. The van der Waals surface area contributed by atoms with Gasteiger partial charge in [-0.3, -0.25) is 0 Å². The monoisotopic (exact) mass is 288 g/mol. The van der Waals surface area contributed by atoms with Crippen LogP contribution in [0.1, 0.15) is 0 Å². The minimum absolute atomic E-state index is 0. The molecule has 0 bridgehead atoms. The van der Waals surface area contributed by atoms with Gasteiger partial charge in [0, 0.05) is 0 Å². The normalized spacial score (nSPS) is 12.4. The van der Waals surface area contributed by atoms with Crippen molar-refractivity contribution in [3.05, 3.63) is 0 Å². The van der Waals surface area contributed by atoms with Crippen LogP contribution < -0.4 is 0 Å². The Labute approximate surface area is 77.0 Å². The predicted molar refractivity (Wildman–Crippen MR) is 15.8 cm³/mol. The van der Waals surface area contributed by atoms with E-state index in [9.17, 15) is 13.2 Å². The molecule has 0 saturated heterocycles. The first-order chi connectivity index (χ1) is 3.25. The van der Waals surface area contributed by atoms with Gasteiger partial charge in [-0.05, 0) is 0 Å². The molecule has 0 aliphatic heterocycles. The summed E-state index contributed by atoms with van der Waals surface area (Å²) in [6, 6.07) is 0. The van der Waals surface area contributed by atoms with Gasteiger partial charge in [-0.2, -0.15) is 13.2 Å². The summed E-state index contributed by atoms with van der Waals surface area (Å²) in [6.45, 7) is 0. The molecule has 0 rings (SSSR count). The van der Waals surface area contributed by atoms with Gasteiger partial charge in [-0.25, -0.2) is 8.42 Å². The van der Waals surface area contributed by atoms with Gasteiger partial charge in [-0.1, -0.05) is 0 Å². The molecule has 0 atom stereocenters. The van der Waals surface area contributed by atoms with Gasteiger partial charge in [0.25, 0.3) is 0 Å². The fourth-order valence-electron chi connectivity index (χ4n) is 0. The van der Waals surface area contributed by atoms with E-state index in [0.717, 1.165) is 0 Å². The molecule has 0 N–H and O–H groups in total. The molecule has 0 aromatic heterocycles. The van der Waals surface area contributed by atoms with Crippen molar-refractivity contribution in [2.24, 2.45) is 0 Å². The van der Waals surface area contributed by atoms with Crippen LogP contribution in [-0.4, -0.2) is 18.5 Å². The summed E-state index contributed by atoms with van der Waals surface area (Å²) in [4.78, 5) is 0. The Morgan fingerprint density at radius 2 is 1.33 bits per heavy atom. The number of alkyl halides is 3. The maximum Gasteiger partial charge on any atom is 3.00 e.